The first-order valence-electron chi connectivity index (χ1n) is 6.62. The number of ether oxygens (including phenoxy) is 2. The van der Waals surface area contributed by atoms with Crippen LogP contribution in [0.5, 0.6) is 5.75 Å². The first-order chi connectivity index (χ1) is 8.99. The van der Waals surface area contributed by atoms with Crippen LogP contribution in [0.4, 0.5) is 0 Å². The van der Waals surface area contributed by atoms with Gasteiger partial charge < -0.3 is 14.6 Å². The molecule has 0 saturated carbocycles. The third-order valence-corrected chi connectivity index (χ3v) is 2.65. The summed E-state index contributed by atoms with van der Waals surface area (Å²) in [5.74, 6) is 1.28. The van der Waals surface area contributed by atoms with Gasteiger partial charge in [-0.15, -0.1) is 0 Å². The van der Waals surface area contributed by atoms with Gasteiger partial charge in [-0.2, -0.15) is 0 Å². The molecule has 3 heteroatoms. The molecule has 1 rings (SSSR count). The summed E-state index contributed by atoms with van der Waals surface area (Å²) in [5, 5.41) is 9.69. The number of aliphatic hydroxyl groups is 1. The normalized spacial score (nSPS) is 12.5. The van der Waals surface area contributed by atoms with Crippen molar-refractivity contribution in [3.8, 4) is 5.75 Å². The van der Waals surface area contributed by atoms with Crippen molar-refractivity contribution in [2.24, 2.45) is 0 Å². The van der Waals surface area contributed by atoms with Crippen molar-refractivity contribution in [1.29, 1.82) is 0 Å². The molecule has 0 aliphatic heterocycles. The Balaban J connectivity index is 2.29. The Labute approximate surface area is 115 Å². The average molecular weight is 264 g/mol. The van der Waals surface area contributed by atoms with Crippen LogP contribution in [0.2, 0.25) is 0 Å². The van der Waals surface area contributed by atoms with Crippen molar-refractivity contribution >= 4 is 0 Å². The zero-order chi connectivity index (χ0) is 14.3. The molecule has 0 spiro atoms. The van der Waals surface area contributed by atoms with E-state index in [9.17, 15) is 5.11 Å². The van der Waals surface area contributed by atoms with Gasteiger partial charge >= 0.3 is 0 Å². The number of aliphatic hydroxyl groups excluding tert-OH is 1. The fraction of sp³-hybridized carbons (Fsp3) is 0.500. The van der Waals surface area contributed by atoms with Crippen LogP contribution in [0.25, 0.3) is 0 Å². The largest absolute Gasteiger partial charge is 0.491 e. The summed E-state index contributed by atoms with van der Waals surface area (Å²) in [6.45, 7) is 10.9. The molecule has 106 valence electrons. The van der Waals surface area contributed by atoms with E-state index in [1.54, 1.807) is 0 Å². The Hall–Kier alpha value is -1.32. The predicted molar refractivity (Wildman–Crippen MR) is 77.7 cm³/mol. The molecule has 1 unspecified atom stereocenters. The zero-order valence-corrected chi connectivity index (χ0v) is 12.1. The molecule has 0 fully saturated rings. The lowest BCUT2D eigenvalue weighted by atomic mass is 10.0. The van der Waals surface area contributed by atoms with E-state index in [0.717, 1.165) is 11.3 Å². The van der Waals surface area contributed by atoms with Gasteiger partial charge in [-0.25, -0.2) is 0 Å². The van der Waals surface area contributed by atoms with E-state index < -0.39 is 6.10 Å². The van der Waals surface area contributed by atoms with Crippen molar-refractivity contribution in [3.63, 3.8) is 0 Å². The summed E-state index contributed by atoms with van der Waals surface area (Å²) >= 11 is 0. The van der Waals surface area contributed by atoms with Crippen LogP contribution in [-0.2, 0) is 4.74 Å². The van der Waals surface area contributed by atoms with Crippen molar-refractivity contribution in [1.82, 2.24) is 0 Å². The van der Waals surface area contributed by atoms with Crippen LogP contribution in [0.1, 0.15) is 32.3 Å². The van der Waals surface area contributed by atoms with Crippen LogP contribution < -0.4 is 4.74 Å². The maximum absolute atomic E-state index is 9.69. The van der Waals surface area contributed by atoms with Crippen molar-refractivity contribution < 1.29 is 14.6 Å². The molecular formula is C16H24O3. The van der Waals surface area contributed by atoms with Crippen LogP contribution in [0.15, 0.2) is 36.4 Å². The fourth-order valence-electron chi connectivity index (χ4n) is 1.56. The number of benzene rings is 1. The smallest absolute Gasteiger partial charge is 0.119 e. The molecule has 1 N–H and O–H groups in total. The van der Waals surface area contributed by atoms with Crippen molar-refractivity contribution in [2.75, 3.05) is 19.8 Å². The second-order valence-corrected chi connectivity index (χ2v) is 5.16. The highest BCUT2D eigenvalue weighted by molar-refractivity contribution is 5.28. The van der Waals surface area contributed by atoms with Crippen LogP contribution in [0, 0.1) is 0 Å². The SMILES string of the molecule is C=C(C)COCC(O)COc1ccc(C(C)C)cc1. The van der Waals surface area contributed by atoms with Gasteiger partial charge in [-0.3, -0.25) is 0 Å². The zero-order valence-electron chi connectivity index (χ0n) is 12.1. The van der Waals surface area contributed by atoms with Gasteiger partial charge in [0.25, 0.3) is 0 Å². The van der Waals surface area contributed by atoms with Gasteiger partial charge in [-0.05, 0) is 30.5 Å². The van der Waals surface area contributed by atoms with E-state index in [-0.39, 0.29) is 13.2 Å². The van der Waals surface area contributed by atoms with Gasteiger partial charge in [0.15, 0.2) is 0 Å². The van der Waals surface area contributed by atoms with E-state index in [0.29, 0.717) is 12.5 Å². The minimum atomic E-state index is -0.621. The molecule has 19 heavy (non-hydrogen) atoms. The topological polar surface area (TPSA) is 38.7 Å². The maximum Gasteiger partial charge on any atom is 0.119 e. The first-order valence-corrected chi connectivity index (χ1v) is 6.62. The summed E-state index contributed by atoms with van der Waals surface area (Å²) in [4.78, 5) is 0. The fourth-order valence-corrected chi connectivity index (χ4v) is 1.56. The van der Waals surface area contributed by atoms with E-state index in [2.05, 4.69) is 20.4 Å². The number of hydrogen-bond donors (Lipinski definition) is 1. The molecule has 3 nitrogen and oxygen atoms in total. The molecule has 0 aromatic heterocycles. The molecular weight excluding hydrogens is 240 g/mol. The monoisotopic (exact) mass is 264 g/mol. The Kier molecular flexibility index (Phi) is 6.60. The summed E-state index contributed by atoms with van der Waals surface area (Å²) in [6.07, 6.45) is -0.621. The standard InChI is InChI=1S/C16H24O3/c1-12(2)9-18-10-15(17)11-19-16-7-5-14(6-8-16)13(3)4/h5-8,13,15,17H,1,9-11H2,2-4H3. The quantitative estimate of drug-likeness (QED) is 0.733. The molecule has 1 aromatic rings. The minimum Gasteiger partial charge on any atom is -0.491 e. The Bertz CT molecular complexity index is 381. The average Bonchev–Trinajstić information content (AvgIpc) is 2.36. The third-order valence-electron chi connectivity index (χ3n) is 2.65. The summed E-state index contributed by atoms with van der Waals surface area (Å²) in [6, 6.07) is 7.95. The molecule has 0 radical (unpaired) electrons. The highest BCUT2D eigenvalue weighted by Crippen LogP contribution is 2.18. The molecule has 0 bridgehead atoms. The molecule has 1 aromatic carbocycles. The van der Waals surface area contributed by atoms with E-state index in [4.69, 9.17) is 9.47 Å². The summed E-state index contributed by atoms with van der Waals surface area (Å²) in [5.41, 5.74) is 2.22. The van der Waals surface area contributed by atoms with Gasteiger partial charge in [0.05, 0.1) is 13.2 Å². The van der Waals surface area contributed by atoms with Gasteiger partial charge in [0, 0.05) is 0 Å². The van der Waals surface area contributed by atoms with E-state index in [1.165, 1.54) is 5.56 Å². The number of rotatable bonds is 8. The molecule has 0 heterocycles. The predicted octanol–water partition coefficient (Wildman–Crippen LogP) is 3.14. The molecule has 1 atom stereocenters. The third kappa shape index (κ3) is 6.41. The van der Waals surface area contributed by atoms with E-state index >= 15 is 0 Å². The van der Waals surface area contributed by atoms with E-state index in [1.807, 2.05) is 31.2 Å². The van der Waals surface area contributed by atoms with Gasteiger partial charge in [0.2, 0.25) is 0 Å². The van der Waals surface area contributed by atoms with Crippen LogP contribution >= 0.6 is 0 Å². The Morgan fingerprint density at radius 2 is 1.84 bits per heavy atom. The maximum atomic E-state index is 9.69. The van der Waals surface area contributed by atoms with Crippen molar-refractivity contribution in [2.45, 2.75) is 32.8 Å². The molecule has 0 aliphatic rings. The molecule has 0 aliphatic carbocycles. The number of hydrogen-bond acceptors (Lipinski definition) is 3. The minimum absolute atomic E-state index is 0.233. The second-order valence-electron chi connectivity index (χ2n) is 5.16. The lowest BCUT2D eigenvalue weighted by Crippen LogP contribution is -2.23. The summed E-state index contributed by atoms with van der Waals surface area (Å²) < 4.78 is 10.8. The van der Waals surface area contributed by atoms with Gasteiger partial charge in [0.1, 0.15) is 18.5 Å². The Morgan fingerprint density at radius 3 is 2.37 bits per heavy atom. The lowest BCUT2D eigenvalue weighted by molar-refractivity contribution is 0.0195. The molecule has 0 amide bonds. The second kappa shape index (κ2) is 7.97. The van der Waals surface area contributed by atoms with Crippen LogP contribution in [-0.4, -0.2) is 31.0 Å². The Morgan fingerprint density at radius 1 is 1.21 bits per heavy atom. The highest BCUT2D eigenvalue weighted by Gasteiger charge is 2.06. The first kappa shape index (κ1) is 15.7. The molecule has 0 saturated heterocycles. The van der Waals surface area contributed by atoms with Crippen molar-refractivity contribution in [3.05, 3.63) is 42.0 Å². The lowest BCUT2D eigenvalue weighted by Gasteiger charge is -2.13. The highest BCUT2D eigenvalue weighted by atomic mass is 16.5. The van der Waals surface area contributed by atoms with Crippen LogP contribution in [0.3, 0.4) is 0 Å². The van der Waals surface area contributed by atoms with Gasteiger partial charge in [-0.1, -0.05) is 38.1 Å². The summed E-state index contributed by atoms with van der Waals surface area (Å²) in [7, 11) is 0.